The largest absolute Gasteiger partial charge is 0.433 e. The van der Waals surface area contributed by atoms with Gasteiger partial charge < -0.3 is 10.6 Å². The summed E-state index contributed by atoms with van der Waals surface area (Å²) in [6.07, 6.45) is -3.31. The van der Waals surface area contributed by atoms with Crippen LogP contribution in [0.3, 0.4) is 0 Å². The van der Waals surface area contributed by atoms with Crippen molar-refractivity contribution < 1.29 is 22.8 Å². The van der Waals surface area contributed by atoms with Gasteiger partial charge in [0, 0.05) is 31.4 Å². The van der Waals surface area contributed by atoms with Crippen molar-refractivity contribution in [3.05, 3.63) is 77.9 Å². The summed E-state index contributed by atoms with van der Waals surface area (Å²) in [6, 6.07) is 14.8. The third kappa shape index (κ3) is 4.48. The number of aromatic nitrogens is 5. The zero-order chi connectivity index (χ0) is 26.3. The molecule has 12 heteroatoms. The van der Waals surface area contributed by atoms with E-state index in [0.717, 1.165) is 16.8 Å². The number of nitrogens with one attached hydrogen (secondary N) is 2. The molecule has 0 saturated carbocycles. The van der Waals surface area contributed by atoms with Crippen molar-refractivity contribution >= 4 is 33.9 Å². The van der Waals surface area contributed by atoms with Crippen molar-refractivity contribution in [3.63, 3.8) is 0 Å². The van der Waals surface area contributed by atoms with Crippen LogP contribution in [0.1, 0.15) is 33.6 Å². The van der Waals surface area contributed by atoms with Gasteiger partial charge in [0.25, 0.3) is 11.8 Å². The van der Waals surface area contributed by atoms with Gasteiger partial charge in [0.2, 0.25) is 0 Å². The summed E-state index contributed by atoms with van der Waals surface area (Å²) in [6.45, 7) is 2.23. The second-order valence-corrected chi connectivity index (χ2v) is 8.17. The lowest BCUT2D eigenvalue weighted by Crippen LogP contribution is -2.22. The highest BCUT2D eigenvalue weighted by Gasteiger charge is 2.36. The number of halogens is 3. The van der Waals surface area contributed by atoms with E-state index in [-0.39, 0.29) is 28.4 Å². The molecule has 0 aliphatic heterocycles. The Kier molecular flexibility index (Phi) is 5.86. The number of benzene rings is 2. The van der Waals surface area contributed by atoms with E-state index in [1.807, 2.05) is 24.3 Å². The molecule has 3 aromatic heterocycles. The zero-order valence-electron chi connectivity index (χ0n) is 19.7. The number of rotatable bonds is 5. The summed E-state index contributed by atoms with van der Waals surface area (Å²) in [5, 5.41) is 14.7. The first-order chi connectivity index (χ1) is 17.7. The summed E-state index contributed by atoms with van der Waals surface area (Å²) in [7, 11) is 1.42. The second kappa shape index (κ2) is 9.04. The second-order valence-electron chi connectivity index (χ2n) is 8.17. The quantitative estimate of drug-likeness (QED) is 0.367. The van der Waals surface area contributed by atoms with Gasteiger partial charge in [-0.25, -0.2) is 9.50 Å². The highest BCUT2D eigenvalue weighted by Crippen LogP contribution is 2.33. The van der Waals surface area contributed by atoms with E-state index in [1.54, 1.807) is 25.1 Å². The van der Waals surface area contributed by atoms with E-state index < -0.39 is 23.7 Å². The molecule has 3 heterocycles. The third-order valence-corrected chi connectivity index (χ3v) is 5.77. The molecule has 0 unspecified atom stereocenters. The number of aryl methyl sites for hydroxylation is 1. The van der Waals surface area contributed by atoms with Crippen molar-refractivity contribution in [1.29, 1.82) is 0 Å². The Bertz CT molecular complexity index is 1670. The standard InChI is InChI=1S/C25H20F3N7O2/c1-3-34-13-19(22(33-34)24(37)29-2)31-23(36)18-12-21-30-17(11-20(25(26,27)28)35(21)32-18)16-9-8-14-6-4-5-7-15(14)10-16/h4-13H,3H2,1-2H3,(H,29,37)(H,31,36). The fourth-order valence-corrected chi connectivity index (χ4v) is 3.93. The predicted molar refractivity (Wildman–Crippen MR) is 130 cm³/mol. The van der Waals surface area contributed by atoms with Crippen LogP contribution in [0.2, 0.25) is 0 Å². The number of carbonyl (C=O) groups excluding carboxylic acids is 2. The molecule has 188 valence electrons. The Morgan fingerprint density at radius 2 is 1.73 bits per heavy atom. The Morgan fingerprint density at radius 1 is 0.973 bits per heavy atom. The summed E-state index contributed by atoms with van der Waals surface area (Å²) in [4.78, 5) is 29.4. The molecular weight excluding hydrogens is 487 g/mol. The van der Waals surface area contributed by atoms with Gasteiger partial charge in [0.05, 0.1) is 11.4 Å². The Balaban J connectivity index is 1.57. The molecule has 37 heavy (non-hydrogen) atoms. The fourth-order valence-electron chi connectivity index (χ4n) is 3.93. The van der Waals surface area contributed by atoms with Crippen molar-refractivity contribution in [1.82, 2.24) is 29.7 Å². The number of alkyl halides is 3. The van der Waals surface area contributed by atoms with Gasteiger partial charge in [-0.2, -0.15) is 23.4 Å². The van der Waals surface area contributed by atoms with E-state index in [4.69, 9.17) is 0 Å². The lowest BCUT2D eigenvalue weighted by atomic mass is 10.0. The van der Waals surface area contributed by atoms with Crippen LogP contribution in [0.25, 0.3) is 27.7 Å². The first-order valence-corrected chi connectivity index (χ1v) is 11.3. The molecule has 2 amide bonds. The Morgan fingerprint density at radius 3 is 2.43 bits per heavy atom. The van der Waals surface area contributed by atoms with Crippen molar-refractivity contribution in [2.75, 3.05) is 12.4 Å². The molecule has 2 N–H and O–H groups in total. The molecule has 0 fully saturated rings. The molecule has 2 aromatic carbocycles. The van der Waals surface area contributed by atoms with E-state index >= 15 is 0 Å². The average molecular weight is 507 g/mol. The number of anilines is 1. The zero-order valence-corrected chi connectivity index (χ0v) is 19.7. The van der Waals surface area contributed by atoms with Crippen LogP contribution in [0.5, 0.6) is 0 Å². The van der Waals surface area contributed by atoms with Gasteiger partial charge in [-0.15, -0.1) is 0 Å². The lowest BCUT2D eigenvalue weighted by molar-refractivity contribution is -0.142. The Hall–Kier alpha value is -4.74. The van der Waals surface area contributed by atoms with Crippen molar-refractivity contribution in [2.45, 2.75) is 19.6 Å². The lowest BCUT2D eigenvalue weighted by Gasteiger charge is -2.11. The van der Waals surface area contributed by atoms with E-state index in [2.05, 4.69) is 25.8 Å². The number of carbonyl (C=O) groups is 2. The van der Waals surface area contributed by atoms with E-state index in [1.165, 1.54) is 24.0 Å². The summed E-state index contributed by atoms with van der Waals surface area (Å²) in [5.74, 6) is -1.34. The maximum atomic E-state index is 14.0. The predicted octanol–water partition coefficient (Wildman–Crippen LogP) is 4.40. The highest BCUT2D eigenvalue weighted by atomic mass is 19.4. The highest BCUT2D eigenvalue weighted by molar-refractivity contribution is 6.07. The summed E-state index contributed by atoms with van der Waals surface area (Å²) >= 11 is 0. The van der Waals surface area contributed by atoms with Gasteiger partial charge in [0.15, 0.2) is 22.7 Å². The van der Waals surface area contributed by atoms with E-state index in [9.17, 15) is 22.8 Å². The van der Waals surface area contributed by atoms with E-state index in [0.29, 0.717) is 16.6 Å². The minimum atomic E-state index is -4.76. The molecule has 0 spiro atoms. The van der Waals surface area contributed by atoms with Gasteiger partial charge in [-0.1, -0.05) is 36.4 Å². The number of fused-ring (bicyclic) bond motifs is 2. The van der Waals surface area contributed by atoms with Crippen LogP contribution >= 0.6 is 0 Å². The molecule has 9 nitrogen and oxygen atoms in total. The molecule has 0 atom stereocenters. The summed E-state index contributed by atoms with van der Waals surface area (Å²) < 4.78 is 44.0. The van der Waals surface area contributed by atoms with Crippen molar-refractivity contribution in [2.24, 2.45) is 0 Å². The van der Waals surface area contributed by atoms with Crippen LogP contribution < -0.4 is 10.6 Å². The van der Waals surface area contributed by atoms with Crippen LogP contribution in [0, 0.1) is 0 Å². The molecular formula is C25H20F3N7O2. The molecule has 0 aliphatic rings. The topological polar surface area (TPSA) is 106 Å². The smallest absolute Gasteiger partial charge is 0.354 e. The van der Waals surface area contributed by atoms with Crippen LogP contribution in [0.15, 0.2) is 60.8 Å². The van der Waals surface area contributed by atoms with Gasteiger partial charge in [-0.3, -0.25) is 14.3 Å². The molecule has 0 saturated heterocycles. The minimum Gasteiger partial charge on any atom is -0.354 e. The molecule has 5 aromatic rings. The molecule has 0 radical (unpaired) electrons. The first kappa shape index (κ1) is 24.0. The van der Waals surface area contributed by atoms with Crippen molar-refractivity contribution in [3.8, 4) is 11.3 Å². The number of amides is 2. The van der Waals surface area contributed by atoms with Gasteiger partial charge >= 0.3 is 6.18 Å². The Labute approximate surface area is 207 Å². The van der Waals surface area contributed by atoms with Gasteiger partial charge in [-0.05, 0) is 29.8 Å². The molecule has 0 aliphatic carbocycles. The molecule has 0 bridgehead atoms. The number of hydrogen-bond donors (Lipinski definition) is 2. The normalized spacial score (nSPS) is 11.7. The first-order valence-electron chi connectivity index (χ1n) is 11.3. The minimum absolute atomic E-state index is 0.0332. The summed E-state index contributed by atoms with van der Waals surface area (Å²) in [5.41, 5.74) is -0.896. The third-order valence-electron chi connectivity index (χ3n) is 5.77. The number of hydrogen-bond acceptors (Lipinski definition) is 5. The maximum absolute atomic E-state index is 14.0. The SMILES string of the molecule is CCn1cc(NC(=O)c2cc3nc(-c4ccc5ccccc5c4)cc(C(F)(F)F)n3n2)c(C(=O)NC)n1. The average Bonchev–Trinajstić information content (AvgIpc) is 3.51. The van der Waals surface area contributed by atoms with Crippen LogP contribution in [0.4, 0.5) is 18.9 Å². The molecule has 5 rings (SSSR count). The number of nitrogens with zero attached hydrogens (tertiary/aromatic N) is 5. The maximum Gasteiger partial charge on any atom is 0.433 e. The van der Waals surface area contributed by atoms with Crippen LogP contribution in [-0.2, 0) is 12.7 Å². The fraction of sp³-hybridized carbons (Fsp3) is 0.160. The van der Waals surface area contributed by atoms with Crippen LogP contribution in [-0.4, -0.2) is 43.2 Å². The van der Waals surface area contributed by atoms with Gasteiger partial charge in [0.1, 0.15) is 0 Å². The monoisotopic (exact) mass is 507 g/mol.